The summed E-state index contributed by atoms with van der Waals surface area (Å²) in [5.41, 5.74) is 2.89. The quantitative estimate of drug-likeness (QED) is 0.534. The first-order valence-electron chi connectivity index (χ1n) is 6.69. The number of aliphatic hydroxyl groups is 1. The molecule has 0 aliphatic rings. The molecule has 1 aromatic heterocycles. The molecule has 0 bridgehead atoms. The minimum absolute atomic E-state index is 0.0472. The summed E-state index contributed by atoms with van der Waals surface area (Å²) in [5, 5.41) is 15.4. The van der Waals surface area contributed by atoms with E-state index in [-0.39, 0.29) is 5.91 Å². The van der Waals surface area contributed by atoms with Crippen LogP contribution in [0.1, 0.15) is 17.5 Å². The molecule has 6 nitrogen and oxygen atoms in total. The molecular weight excluding hydrogens is 278 g/mol. The Bertz CT molecular complexity index is 398. The van der Waals surface area contributed by atoms with E-state index in [0.717, 1.165) is 12.1 Å². The van der Waals surface area contributed by atoms with Crippen molar-refractivity contribution in [1.82, 2.24) is 15.6 Å². The van der Waals surface area contributed by atoms with E-state index in [4.69, 9.17) is 4.74 Å². The predicted octanol–water partition coefficient (Wildman–Crippen LogP) is 0.0972. The standard InChI is InChI=1S/C13H23N3O3S/c1-10-13(20-9-16-10)3-6-19-8-12(18)7-14-4-5-15-11(2)17/h9,12,14,18H,3-8H2,1-2H3,(H,15,17). The number of aliphatic hydroxyl groups excluding tert-OH is 1. The van der Waals surface area contributed by atoms with Crippen LogP contribution < -0.4 is 10.6 Å². The van der Waals surface area contributed by atoms with Gasteiger partial charge in [0, 0.05) is 37.9 Å². The van der Waals surface area contributed by atoms with Crippen molar-refractivity contribution in [2.24, 2.45) is 0 Å². The highest BCUT2D eigenvalue weighted by Crippen LogP contribution is 2.12. The predicted molar refractivity (Wildman–Crippen MR) is 78.9 cm³/mol. The largest absolute Gasteiger partial charge is 0.389 e. The minimum atomic E-state index is -0.533. The van der Waals surface area contributed by atoms with E-state index in [1.807, 2.05) is 12.4 Å². The van der Waals surface area contributed by atoms with Gasteiger partial charge in [0.2, 0.25) is 5.91 Å². The molecule has 1 unspecified atom stereocenters. The van der Waals surface area contributed by atoms with Crippen molar-refractivity contribution in [1.29, 1.82) is 0 Å². The maximum atomic E-state index is 10.6. The molecule has 1 rings (SSSR count). The van der Waals surface area contributed by atoms with Gasteiger partial charge in [0.05, 0.1) is 30.5 Å². The van der Waals surface area contributed by atoms with Gasteiger partial charge in [0.15, 0.2) is 0 Å². The zero-order valence-electron chi connectivity index (χ0n) is 12.0. The molecule has 0 radical (unpaired) electrons. The van der Waals surface area contributed by atoms with Crippen LogP contribution in [0.15, 0.2) is 5.51 Å². The van der Waals surface area contributed by atoms with Crippen LogP contribution in [0.3, 0.4) is 0 Å². The molecule has 1 atom stereocenters. The lowest BCUT2D eigenvalue weighted by molar-refractivity contribution is -0.118. The molecular formula is C13H23N3O3S. The van der Waals surface area contributed by atoms with E-state index in [1.165, 1.54) is 11.8 Å². The van der Waals surface area contributed by atoms with E-state index in [0.29, 0.717) is 32.8 Å². The number of aromatic nitrogens is 1. The van der Waals surface area contributed by atoms with E-state index in [2.05, 4.69) is 15.6 Å². The molecule has 3 N–H and O–H groups in total. The van der Waals surface area contributed by atoms with Gasteiger partial charge in [-0.15, -0.1) is 11.3 Å². The number of nitrogens with zero attached hydrogens (tertiary/aromatic N) is 1. The van der Waals surface area contributed by atoms with Crippen molar-refractivity contribution < 1.29 is 14.6 Å². The van der Waals surface area contributed by atoms with Gasteiger partial charge in [-0.2, -0.15) is 0 Å². The highest BCUT2D eigenvalue weighted by atomic mass is 32.1. The Morgan fingerprint density at radius 1 is 1.55 bits per heavy atom. The third-order valence-electron chi connectivity index (χ3n) is 2.68. The van der Waals surface area contributed by atoms with Gasteiger partial charge in [0.1, 0.15) is 0 Å². The lowest BCUT2D eigenvalue weighted by atomic mass is 10.3. The molecule has 0 saturated heterocycles. The van der Waals surface area contributed by atoms with Crippen LogP contribution in [0.4, 0.5) is 0 Å². The third kappa shape index (κ3) is 7.54. The minimum Gasteiger partial charge on any atom is -0.389 e. The fourth-order valence-electron chi connectivity index (χ4n) is 1.60. The van der Waals surface area contributed by atoms with Crippen LogP contribution in [-0.4, -0.2) is 54.9 Å². The fourth-order valence-corrected chi connectivity index (χ4v) is 2.37. The summed E-state index contributed by atoms with van der Waals surface area (Å²) in [7, 11) is 0. The highest BCUT2D eigenvalue weighted by Gasteiger charge is 2.05. The molecule has 0 fully saturated rings. The lowest BCUT2D eigenvalue weighted by Crippen LogP contribution is -2.36. The average Bonchev–Trinajstić information content (AvgIpc) is 2.79. The second kappa shape index (κ2) is 9.82. The van der Waals surface area contributed by atoms with Gasteiger partial charge < -0.3 is 20.5 Å². The van der Waals surface area contributed by atoms with Crippen molar-refractivity contribution in [3.05, 3.63) is 16.1 Å². The summed E-state index contributed by atoms with van der Waals surface area (Å²) in [6.45, 7) is 6.02. The number of hydrogen-bond donors (Lipinski definition) is 3. The zero-order chi connectivity index (χ0) is 14.8. The Morgan fingerprint density at radius 3 is 3.00 bits per heavy atom. The maximum absolute atomic E-state index is 10.6. The Kier molecular flexibility index (Phi) is 8.36. The van der Waals surface area contributed by atoms with E-state index >= 15 is 0 Å². The van der Waals surface area contributed by atoms with Gasteiger partial charge in [-0.3, -0.25) is 4.79 Å². The molecule has 0 spiro atoms. The highest BCUT2D eigenvalue weighted by molar-refractivity contribution is 7.09. The van der Waals surface area contributed by atoms with Crippen LogP contribution >= 0.6 is 11.3 Å². The van der Waals surface area contributed by atoms with Gasteiger partial charge in [-0.05, 0) is 6.92 Å². The summed E-state index contributed by atoms with van der Waals surface area (Å²) in [6, 6.07) is 0. The van der Waals surface area contributed by atoms with Crippen LogP contribution in [0, 0.1) is 6.92 Å². The summed E-state index contributed by atoms with van der Waals surface area (Å²) < 4.78 is 5.44. The third-order valence-corrected chi connectivity index (χ3v) is 3.68. The summed E-state index contributed by atoms with van der Waals surface area (Å²) in [6.07, 6.45) is 0.300. The Balaban J connectivity index is 1.96. The van der Waals surface area contributed by atoms with E-state index in [9.17, 15) is 9.90 Å². The number of aryl methyl sites for hydroxylation is 1. The number of thiazole rings is 1. The van der Waals surface area contributed by atoms with Crippen LogP contribution in [-0.2, 0) is 16.0 Å². The Hall–Kier alpha value is -1.02. The van der Waals surface area contributed by atoms with Crippen molar-refractivity contribution in [2.75, 3.05) is 32.8 Å². The molecule has 1 heterocycles. The molecule has 1 aromatic rings. The fraction of sp³-hybridized carbons (Fsp3) is 0.692. The molecule has 0 aromatic carbocycles. The van der Waals surface area contributed by atoms with Gasteiger partial charge >= 0.3 is 0 Å². The number of carbonyl (C=O) groups is 1. The van der Waals surface area contributed by atoms with Crippen LogP contribution in [0.2, 0.25) is 0 Å². The lowest BCUT2D eigenvalue weighted by Gasteiger charge is -2.12. The van der Waals surface area contributed by atoms with E-state index < -0.39 is 6.10 Å². The Morgan fingerprint density at radius 2 is 2.35 bits per heavy atom. The summed E-state index contributed by atoms with van der Waals surface area (Å²) in [5.74, 6) is -0.0472. The number of nitrogens with one attached hydrogen (secondary N) is 2. The van der Waals surface area contributed by atoms with Crippen molar-refractivity contribution >= 4 is 17.2 Å². The number of rotatable bonds is 10. The maximum Gasteiger partial charge on any atom is 0.216 e. The van der Waals surface area contributed by atoms with Crippen molar-refractivity contribution in [3.63, 3.8) is 0 Å². The number of ether oxygens (including phenoxy) is 1. The van der Waals surface area contributed by atoms with Crippen molar-refractivity contribution in [2.45, 2.75) is 26.4 Å². The summed E-state index contributed by atoms with van der Waals surface area (Å²) >= 11 is 1.63. The number of carbonyl (C=O) groups excluding carboxylic acids is 1. The molecule has 114 valence electrons. The topological polar surface area (TPSA) is 83.5 Å². The summed E-state index contributed by atoms with van der Waals surface area (Å²) in [4.78, 5) is 16.0. The van der Waals surface area contributed by atoms with Gasteiger partial charge in [-0.25, -0.2) is 4.98 Å². The molecule has 0 aliphatic carbocycles. The van der Waals surface area contributed by atoms with Crippen LogP contribution in [0.25, 0.3) is 0 Å². The molecule has 20 heavy (non-hydrogen) atoms. The van der Waals surface area contributed by atoms with Gasteiger partial charge in [0.25, 0.3) is 0 Å². The molecule has 7 heteroatoms. The molecule has 0 saturated carbocycles. The SMILES string of the molecule is CC(=O)NCCNCC(O)COCCc1scnc1C. The monoisotopic (exact) mass is 301 g/mol. The second-order valence-electron chi connectivity index (χ2n) is 4.53. The first-order valence-corrected chi connectivity index (χ1v) is 7.57. The van der Waals surface area contributed by atoms with Gasteiger partial charge in [-0.1, -0.05) is 0 Å². The van der Waals surface area contributed by atoms with E-state index in [1.54, 1.807) is 11.3 Å². The molecule has 0 aliphatic heterocycles. The van der Waals surface area contributed by atoms with Crippen LogP contribution in [0.5, 0.6) is 0 Å². The Labute approximate surface area is 123 Å². The van der Waals surface area contributed by atoms with Crippen molar-refractivity contribution in [3.8, 4) is 0 Å². The average molecular weight is 301 g/mol. The normalized spacial score (nSPS) is 12.3. The first-order chi connectivity index (χ1) is 9.59. The number of hydrogen-bond acceptors (Lipinski definition) is 6. The zero-order valence-corrected chi connectivity index (χ0v) is 12.8. The smallest absolute Gasteiger partial charge is 0.216 e. The number of amides is 1. The first kappa shape index (κ1) is 17.0. The molecule has 1 amide bonds. The second-order valence-corrected chi connectivity index (χ2v) is 5.47.